The fraction of sp³-hybridized carbons (Fsp3) is 0.500. The molecule has 5 nitrogen and oxygen atoms in total. The third-order valence-corrected chi connectivity index (χ3v) is 1.89. The topological polar surface area (TPSA) is 81.8 Å². The highest BCUT2D eigenvalue weighted by Crippen LogP contribution is 2.00. The molecule has 0 aliphatic carbocycles. The lowest BCUT2D eigenvalue weighted by Crippen LogP contribution is -2.05. The van der Waals surface area contributed by atoms with Crippen LogP contribution in [0.4, 0.5) is 5.95 Å². The fourth-order valence-corrected chi connectivity index (χ4v) is 1.12. The first-order chi connectivity index (χ1) is 7.36. The third kappa shape index (κ3) is 4.38. The van der Waals surface area contributed by atoms with Gasteiger partial charge in [-0.1, -0.05) is 0 Å². The summed E-state index contributed by atoms with van der Waals surface area (Å²) in [5.74, 6) is 0.484. The quantitative estimate of drug-likeness (QED) is 0.676. The first kappa shape index (κ1) is 11.4. The summed E-state index contributed by atoms with van der Waals surface area (Å²) >= 11 is 0. The summed E-state index contributed by atoms with van der Waals surface area (Å²) in [6.07, 6.45) is 4.31. The molecule has 1 heterocycles. The highest BCUT2D eigenvalue weighted by atomic mass is 16.2. The zero-order valence-electron chi connectivity index (χ0n) is 8.48. The highest BCUT2D eigenvalue weighted by Gasteiger charge is 1.96. The minimum Gasteiger partial charge on any atom is -0.396 e. The number of aromatic nitrogens is 2. The third-order valence-electron chi connectivity index (χ3n) is 1.89. The first-order valence-electron chi connectivity index (χ1n) is 4.94. The van der Waals surface area contributed by atoms with E-state index >= 15 is 0 Å². The van der Waals surface area contributed by atoms with Crippen LogP contribution in [0, 0.1) is 11.3 Å². The normalized spacial score (nSPS) is 9.60. The number of hydrogen-bond acceptors (Lipinski definition) is 5. The van der Waals surface area contributed by atoms with Crippen molar-refractivity contribution in [2.24, 2.45) is 0 Å². The predicted molar refractivity (Wildman–Crippen MR) is 56.2 cm³/mol. The van der Waals surface area contributed by atoms with Gasteiger partial charge in [0.2, 0.25) is 5.95 Å². The van der Waals surface area contributed by atoms with E-state index < -0.39 is 0 Å². The second-order valence-corrected chi connectivity index (χ2v) is 3.09. The van der Waals surface area contributed by atoms with Crippen molar-refractivity contribution in [2.75, 3.05) is 18.5 Å². The fourth-order valence-electron chi connectivity index (χ4n) is 1.12. The Morgan fingerprint density at radius 1 is 1.40 bits per heavy atom. The molecule has 0 fully saturated rings. The lowest BCUT2D eigenvalue weighted by molar-refractivity contribution is 0.283. The van der Waals surface area contributed by atoms with Gasteiger partial charge in [0.25, 0.3) is 0 Å². The van der Waals surface area contributed by atoms with Gasteiger partial charge in [-0.05, 0) is 25.3 Å². The van der Waals surface area contributed by atoms with Crippen molar-refractivity contribution in [1.29, 1.82) is 5.26 Å². The van der Waals surface area contributed by atoms with E-state index in [2.05, 4.69) is 15.3 Å². The van der Waals surface area contributed by atoms with E-state index in [-0.39, 0.29) is 6.61 Å². The molecule has 5 heteroatoms. The standard InChI is InChI=1S/C10H14N4O/c11-8-9-4-6-13-10(14-9)12-5-2-1-3-7-15/h4,6,15H,1-3,5,7H2,(H,12,13,14). The van der Waals surface area contributed by atoms with Crippen LogP contribution in [-0.4, -0.2) is 28.2 Å². The Labute approximate surface area is 88.8 Å². The van der Waals surface area contributed by atoms with Crippen LogP contribution in [-0.2, 0) is 0 Å². The van der Waals surface area contributed by atoms with Gasteiger partial charge in [0, 0.05) is 19.3 Å². The number of rotatable bonds is 6. The van der Waals surface area contributed by atoms with E-state index in [0.717, 1.165) is 25.8 Å². The molecule has 0 bridgehead atoms. The van der Waals surface area contributed by atoms with Crippen molar-refractivity contribution >= 4 is 5.95 Å². The molecule has 0 atom stereocenters. The van der Waals surface area contributed by atoms with E-state index in [1.54, 1.807) is 12.3 Å². The van der Waals surface area contributed by atoms with Crippen LogP contribution >= 0.6 is 0 Å². The van der Waals surface area contributed by atoms with Gasteiger partial charge >= 0.3 is 0 Å². The Morgan fingerprint density at radius 3 is 3.00 bits per heavy atom. The second-order valence-electron chi connectivity index (χ2n) is 3.09. The molecule has 0 saturated heterocycles. The maximum absolute atomic E-state index is 8.61. The molecule has 1 rings (SSSR count). The van der Waals surface area contributed by atoms with Crippen LogP contribution in [0.25, 0.3) is 0 Å². The Hall–Kier alpha value is -1.67. The highest BCUT2D eigenvalue weighted by molar-refractivity contribution is 5.29. The van der Waals surface area contributed by atoms with E-state index in [9.17, 15) is 0 Å². The maximum Gasteiger partial charge on any atom is 0.223 e. The summed E-state index contributed by atoms with van der Waals surface area (Å²) < 4.78 is 0. The van der Waals surface area contributed by atoms with Crippen LogP contribution in [0.15, 0.2) is 12.3 Å². The number of anilines is 1. The number of aliphatic hydroxyl groups excluding tert-OH is 1. The van der Waals surface area contributed by atoms with Gasteiger partial charge in [-0.15, -0.1) is 0 Å². The van der Waals surface area contributed by atoms with Crippen molar-refractivity contribution < 1.29 is 5.11 Å². The van der Waals surface area contributed by atoms with Gasteiger partial charge in [-0.3, -0.25) is 0 Å². The smallest absolute Gasteiger partial charge is 0.223 e. The average Bonchev–Trinajstić information content (AvgIpc) is 2.29. The van der Waals surface area contributed by atoms with Crippen LogP contribution < -0.4 is 5.32 Å². The Kier molecular flexibility index (Phi) is 5.12. The molecule has 15 heavy (non-hydrogen) atoms. The number of nitriles is 1. The van der Waals surface area contributed by atoms with Gasteiger partial charge < -0.3 is 10.4 Å². The SMILES string of the molecule is N#Cc1ccnc(NCCCCCO)n1. The van der Waals surface area contributed by atoms with Crippen molar-refractivity contribution in [3.8, 4) is 6.07 Å². The zero-order valence-corrected chi connectivity index (χ0v) is 8.48. The summed E-state index contributed by atoms with van der Waals surface area (Å²) in [6.45, 7) is 0.995. The predicted octanol–water partition coefficient (Wildman–Crippen LogP) is 0.923. The number of nitrogens with one attached hydrogen (secondary N) is 1. The van der Waals surface area contributed by atoms with Gasteiger partial charge in [0.1, 0.15) is 11.8 Å². The van der Waals surface area contributed by atoms with Gasteiger partial charge in [0.05, 0.1) is 0 Å². The van der Waals surface area contributed by atoms with Crippen LogP contribution in [0.3, 0.4) is 0 Å². The molecule has 0 aliphatic rings. The van der Waals surface area contributed by atoms with Gasteiger partial charge in [-0.25, -0.2) is 9.97 Å². The number of aliphatic hydroxyl groups is 1. The first-order valence-corrected chi connectivity index (χ1v) is 4.94. The van der Waals surface area contributed by atoms with Gasteiger partial charge in [0.15, 0.2) is 0 Å². The van der Waals surface area contributed by atoms with E-state index in [1.807, 2.05) is 6.07 Å². The largest absolute Gasteiger partial charge is 0.396 e. The van der Waals surface area contributed by atoms with Crippen molar-refractivity contribution in [2.45, 2.75) is 19.3 Å². The molecule has 0 spiro atoms. The molecule has 0 aliphatic heterocycles. The molecular formula is C10H14N4O. The molecule has 0 radical (unpaired) electrons. The summed E-state index contributed by atoms with van der Waals surface area (Å²) in [5, 5.41) is 20.2. The minimum absolute atomic E-state index is 0.237. The van der Waals surface area contributed by atoms with E-state index in [1.165, 1.54) is 0 Å². The Morgan fingerprint density at radius 2 is 2.27 bits per heavy atom. The monoisotopic (exact) mass is 206 g/mol. The van der Waals surface area contributed by atoms with Crippen LogP contribution in [0.5, 0.6) is 0 Å². The molecule has 1 aromatic rings. The van der Waals surface area contributed by atoms with E-state index in [4.69, 9.17) is 10.4 Å². The summed E-state index contributed by atoms with van der Waals surface area (Å²) in [5.41, 5.74) is 0.364. The van der Waals surface area contributed by atoms with Crippen LogP contribution in [0.1, 0.15) is 25.0 Å². The molecule has 0 saturated carbocycles. The molecule has 1 aromatic heterocycles. The molecule has 2 N–H and O–H groups in total. The Balaban J connectivity index is 2.28. The Bertz CT molecular complexity index is 334. The van der Waals surface area contributed by atoms with Crippen LogP contribution in [0.2, 0.25) is 0 Å². The summed E-state index contributed by atoms with van der Waals surface area (Å²) in [6, 6.07) is 3.52. The van der Waals surface area contributed by atoms with Crippen molar-refractivity contribution in [1.82, 2.24) is 9.97 Å². The zero-order chi connectivity index (χ0) is 10.9. The maximum atomic E-state index is 8.61. The number of nitrogens with zero attached hydrogens (tertiary/aromatic N) is 3. The van der Waals surface area contributed by atoms with E-state index in [0.29, 0.717) is 11.6 Å². The molecule has 0 unspecified atom stereocenters. The summed E-state index contributed by atoms with van der Waals surface area (Å²) in [4.78, 5) is 7.96. The molecule has 0 aromatic carbocycles. The van der Waals surface area contributed by atoms with Gasteiger partial charge in [-0.2, -0.15) is 5.26 Å². The number of unbranched alkanes of at least 4 members (excludes halogenated alkanes) is 2. The molecule has 0 amide bonds. The van der Waals surface area contributed by atoms with Crippen molar-refractivity contribution in [3.63, 3.8) is 0 Å². The average molecular weight is 206 g/mol. The summed E-state index contributed by atoms with van der Waals surface area (Å²) in [7, 11) is 0. The lowest BCUT2D eigenvalue weighted by Gasteiger charge is -2.03. The minimum atomic E-state index is 0.237. The van der Waals surface area contributed by atoms with Crippen molar-refractivity contribution in [3.05, 3.63) is 18.0 Å². The lowest BCUT2D eigenvalue weighted by atomic mass is 10.2. The number of hydrogen-bond donors (Lipinski definition) is 2. The molecule has 80 valence electrons. The molecular weight excluding hydrogens is 192 g/mol. The second kappa shape index (κ2) is 6.74.